The predicted molar refractivity (Wildman–Crippen MR) is 80.2 cm³/mol. The average Bonchev–Trinajstić information content (AvgIpc) is 2.73. The van der Waals surface area contributed by atoms with Gasteiger partial charge in [0.1, 0.15) is 5.92 Å². The number of amides is 1. The zero-order chi connectivity index (χ0) is 14.6. The fourth-order valence-electron chi connectivity index (χ4n) is 1.83. The number of amidine groups is 1. The highest BCUT2D eigenvalue weighted by atomic mass is 79.9. The lowest BCUT2D eigenvalue weighted by Crippen LogP contribution is -2.42. The highest BCUT2D eigenvalue weighted by molar-refractivity contribution is 9.11. The molecule has 1 aromatic rings. The number of carbonyl (C=O) groups is 1. The van der Waals surface area contributed by atoms with Crippen molar-refractivity contribution in [2.24, 2.45) is 22.7 Å². The second-order valence-corrected chi connectivity index (χ2v) is 6.99. The van der Waals surface area contributed by atoms with Crippen molar-refractivity contribution in [3.63, 3.8) is 0 Å². The summed E-state index contributed by atoms with van der Waals surface area (Å²) in [5.74, 6) is -0.817. The first-order valence-corrected chi connectivity index (χ1v) is 7.49. The number of thiophene rings is 1. The Morgan fingerprint density at radius 1 is 1.63 bits per heavy atom. The van der Waals surface area contributed by atoms with Gasteiger partial charge in [-0.1, -0.05) is 19.0 Å². The minimum Gasteiger partial charge on any atom is -0.409 e. The number of nitrogens with zero attached hydrogens (tertiary/aromatic N) is 2. The van der Waals surface area contributed by atoms with Crippen LogP contribution in [0.3, 0.4) is 0 Å². The van der Waals surface area contributed by atoms with Gasteiger partial charge in [0, 0.05) is 13.6 Å². The molecule has 0 aliphatic carbocycles. The molecule has 0 spiro atoms. The molecule has 0 aromatic carbocycles. The van der Waals surface area contributed by atoms with E-state index in [1.165, 1.54) is 0 Å². The van der Waals surface area contributed by atoms with Gasteiger partial charge >= 0.3 is 0 Å². The summed E-state index contributed by atoms with van der Waals surface area (Å²) in [4.78, 5) is 13.9. The highest BCUT2D eigenvalue weighted by Crippen LogP contribution is 2.22. The van der Waals surface area contributed by atoms with E-state index in [1.54, 1.807) is 23.3 Å². The maximum atomic E-state index is 12.3. The van der Waals surface area contributed by atoms with E-state index in [4.69, 9.17) is 10.9 Å². The molecule has 5 nitrogen and oxygen atoms in total. The van der Waals surface area contributed by atoms with Crippen LogP contribution in [0.2, 0.25) is 0 Å². The Balaban J connectivity index is 2.79. The topological polar surface area (TPSA) is 78.9 Å². The van der Waals surface area contributed by atoms with E-state index in [0.717, 1.165) is 9.35 Å². The molecule has 1 rings (SSSR count). The van der Waals surface area contributed by atoms with Crippen molar-refractivity contribution in [2.75, 3.05) is 7.05 Å². The summed E-state index contributed by atoms with van der Waals surface area (Å²) < 4.78 is 1.03. The predicted octanol–water partition coefficient (Wildman–Crippen LogP) is 2.49. The van der Waals surface area contributed by atoms with Crippen LogP contribution in [0.4, 0.5) is 0 Å². The molecule has 1 heterocycles. The quantitative estimate of drug-likeness (QED) is 0.371. The molecular formula is C12H18BrN3O2S. The normalized spacial score (nSPS) is 13.6. The lowest BCUT2D eigenvalue weighted by molar-refractivity contribution is -0.133. The molecule has 1 aromatic heterocycles. The van der Waals surface area contributed by atoms with Gasteiger partial charge in [0.15, 0.2) is 5.84 Å². The summed E-state index contributed by atoms with van der Waals surface area (Å²) in [7, 11) is 1.72. The van der Waals surface area contributed by atoms with Crippen molar-refractivity contribution in [3.05, 3.63) is 20.8 Å². The number of hydrogen-bond donors (Lipinski definition) is 2. The number of halogens is 1. The van der Waals surface area contributed by atoms with E-state index in [2.05, 4.69) is 21.1 Å². The number of oxime groups is 1. The molecule has 0 radical (unpaired) electrons. The third kappa shape index (κ3) is 4.21. The molecule has 1 amide bonds. The van der Waals surface area contributed by atoms with Gasteiger partial charge in [-0.25, -0.2) is 0 Å². The molecule has 0 fully saturated rings. The van der Waals surface area contributed by atoms with Crippen LogP contribution in [0.5, 0.6) is 0 Å². The Labute approximate surface area is 125 Å². The van der Waals surface area contributed by atoms with Crippen molar-refractivity contribution < 1.29 is 10.0 Å². The van der Waals surface area contributed by atoms with Gasteiger partial charge in [0.25, 0.3) is 0 Å². The molecule has 0 saturated heterocycles. The van der Waals surface area contributed by atoms with Gasteiger partial charge in [0.2, 0.25) is 5.91 Å². The van der Waals surface area contributed by atoms with E-state index < -0.39 is 5.92 Å². The number of nitrogens with two attached hydrogens (primary N) is 1. The Morgan fingerprint density at radius 3 is 2.68 bits per heavy atom. The largest absolute Gasteiger partial charge is 0.409 e. The minimum atomic E-state index is -0.600. The van der Waals surface area contributed by atoms with Gasteiger partial charge in [-0.3, -0.25) is 4.79 Å². The van der Waals surface area contributed by atoms with Crippen LogP contribution in [0.1, 0.15) is 19.4 Å². The zero-order valence-corrected chi connectivity index (χ0v) is 13.5. The Bertz CT molecular complexity index is 473. The number of hydrogen-bond acceptors (Lipinski definition) is 4. The summed E-state index contributed by atoms with van der Waals surface area (Å²) in [6, 6.07) is 1.97. The molecule has 1 atom stereocenters. The first kappa shape index (κ1) is 16.0. The maximum Gasteiger partial charge on any atom is 0.233 e. The standard InChI is InChI=1S/C12H18BrN3O2S/c1-7(2)10(11(14)15-18)12(17)16(3)5-8-4-9(13)19-6-8/h4,6-7,10,18H,5H2,1-3H3,(H2,14,15). The van der Waals surface area contributed by atoms with E-state index in [9.17, 15) is 4.79 Å². The van der Waals surface area contributed by atoms with Gasteiger partial charge in [-0.05, 0) is 38.9 Å². The second-order valence-electron chi connectivity index (χ2n) is 4.70. The van der Waals surface area contributed by atoms with E-state index >= 15 is 0 Å². The van der Waals surface area contributed by atoms with Gasteiger partial charge in [-0.2, -0.15) is 0 Å². The smallest absolute Gasteiger partial charge is 0.233 e. The molecule has 106 valence electrons. The van der Waals surface area contributed by atoms with Crippen LogP contribution in [0, 0.1) is 11.8 Å². The SMILES string of the molecule is CC(C)C(C(=O)N(C)Cc1csc(Br)c1)C(N)=NO. The van der Waals surface area contributed by atoms with Gasteiger partial charge in [0.05, 0.1) is 3.79 Å². The lowest BCUT2D eigenvalue weighted by Gasteiger charge is -2.25. The van der Waals surface area contributed by atoms with Crippen LogP contribution in [0.15, 0.2) is 20.4 Å². The summed E-state index contributed by atoms with van der Waals surface area (Å²) in [5.41, 5.74) is 6.65. The fourth-order valence-corrected chi connectivity index (χ4v) is 3.03. The molecule has 0 bridgehead atoms. The second kappa shape index (κ2) is 6.91. The first-order chi connectivity index (χ1) is 8.86. The maximum absolute atomic E-state index is 12.3. The van der Waals surface area contributed by atoms with Crippen molar-refractivity contribution in [2.45, 2.75) is 20.4 Å². The Kier molecular flexibility index (Phi) is 5.81. The minimum absolute atomic E-state index is 0.0277. The van der Waals surface area contributed by atoms with Crippen LogP contribution in [-0.4, -0.2) is 28.9 Å². The molecule has 7 heteroatoms. The molecule has 0 aliphatic heterocycles. The Morgan fingerprint density at radius 2 is 2.26 bits per heavy atom. The van der Waals surface area contributed by atoms with Crippen molar-refractivity contribution in [1.82, 2.24) is 4.90 Å². The molecule has 0 aliphatic rings. The average molecular weight is 348 g/mol. The zero-order valence-electron chi connectivity index (χ0n) is 11.1. The summed E-state index contributed by atoms with van der Waals surface area (Å²) in [6.07, 6.45) is 0. The van der Waals surface area contributed by atoms with E-state index in [-0.39, 0.29) is 17.7 Å². The van der Waals surface area contributed by atoms with Crippen LogP contribution >= 0.6 is 27.3 Å². The Hall–Kier alpha value is -1.08. The third-order valence-electron chi connectivity index (χ3n) is 2.78. The molecule has 1 unspecified atom stereocenters. The van der Waals surface area contributed by atoms with Crippen LogP contribution < -0.4 is 5.73 Å². The monoisotopic (exact) mass is 347 g/mol. The molecule has 3 N–H and O–H groups in total. The summed E-state index contributed by atoms with van der Waals surface area (Å²) in [5, 5.41) is 13.7. The highest BCUT2D eigenvalue weighted by Gasteiger charge is 2.29. The lowest BCUT2D eigenvalue weighted by atomic mass is 9.93. The number of carbonyl (C=O) groups excluding carboxylic acids is 1. The fraction of sp³-hybridized carbons (Fsp3) is 0.500. The molecule has 19 heavy (non-hydrogen) atoms. The van der Waals surface area contributed by atoms with Crippen molar-refractivity contribution in [1.29, 1.82) is 0 Å². The van der Waals surface area contributed by atoms with Gasteiger partial charge in [-0.15, -0.1) is 11.3 Å². The van der Waals surface area contributed by atoms with E-state index in [1.807, 2.05) is 25.3 Å². The third-order valence-corrected chi connectivity index (χ3v) is 4.34. The van der Waals surface area contributed by atoms with Crippen molar-refractivity contribution >= 4 is 39.0 Å². The van der Waals surface area contributed by atoms with Gasteiger partial charge < -0.3 is 15.8 Å². The van der Waals surface area contributed by atoms with Crippen LogP contribution in [-0.2, 0) is 11.3 Å². The van der Waals surface area contributed by atoms with Crippen molar-refractivity contribution in [3.8, 4) is 0 Å². The summed E-state index contributed by atoms with van der Waals surface area (Å²) in [6.45, 7) is 4.24. The molecule has 0 saturated carbocycles. The number of rotatable bonds is 5. The molecular weight excluding hydrogens is 330 g/mol. The van der Waals surface area contributed by atoms with E-state index in [0.29, 0.717) is 6.54 Å². The van der Waals surface area contributed by atoms with Crippen LogP contribution in [0.25, 0.3) is 0 Å². The first-order valence-electron chi connectivity index (χ1n) is 5.82. The summed E-state index contributed by atoms with van der Waals surface area (Å²) >= 11 is 4.96.